The van der Waals surface area contributed by atoms with E-state index in [1.165, 1.54) is 23.1 Å². The fraction of sp³-hybridized carbons (Fsp3) is 0.250. The number of hydrogen-bond acceptors (Lipinski definition) is 7. The smallest absolute Gasteiger partial charge is 0.234 e. The zero-order valence-electron chi connectivity index (χ0n) is 16.6. The second kappa shape index (κ2) is 8.71. The molecule has 0 bridgehead atoms. The Morgan fingerprint density at radius 3 is 2.70 bits per heavy atom. The lowest BCUT2D eigenvalue weighted by Gasteiger charge is -2.11. The van der Waals surface area contributed by atoms with Crippen molar-refractivity contribution in [3.05, 3.63) is 40.5 Å². The van der Waals surface area contributed by atoms with Crippen LogP contribution in [0.25, 0.3) is 15.7 Å². The van der Waals surface area contributed by atoms with E-state index in [2.05, 4.69) is 19.9 Å². The summed E-state index contributed by atoms with van der Waals surface area (Å²) >= 11 is 9.04. The van der Waals surface area contributed by atoms with Crippen LogP contribution in [0.15, 0.2) is 35.4 Å². The standard InChI is InChI=1S/C20H19ClN4O3S2/c1-4-18-23-24-20(13-8-16-12(25(13)18)9-17(21)30-16)29-10-19(26)22-11-5-6-14(27-2)15(7-11)28-3/h5-9H,4,10H2,1-3H3,(H,22,26). The lowest BCUT2D eigenvalue weighted by molar-refractivity contribution is -0.113. The van der Waals surface area contributed by atoms with Crippen molar-refractivity contribution in [2.24, 2.45) is 0 Å². The number of halogens is 1. The molecule has 0 spiro atoms. The van der Waals surface area contributed by atoms with E-state index in [0.29, 0.717) is 22.2 Å². The van der Waals surface area contributed by atoms with E-state index in [9.17, 15) is 4.79 Å². The van der Waals surface area contributed by atoms with Crippen LogP contribution in [-0.2, 0) is 11.2 Å². The predicted molar refractivity (Wildman–Crippen MR) is 122 cm³/mol. The van der Waals surface area contributed by atoms with Gasteiger partial charge in [0.15, 0.2) is 11.5 Å². The van der Waals surface area contributed by atoms with Gasteiger partial charge in [-0.25, -0.2) is 0 Å². The van der Waals surface area contributed by atoms with Gasteiger partial charge in [0.1, 0.15) is 10.9 Å². The molecule has 0 aliphatic carbocycles. The molecular formula is C20H19ClN4O3S2. The van der Waals surface area contributed by atoms with E-state index in [-0.39, 0.29) is 11.7 Å². The molecule has 0 atom stereocenters. The van der Waals surface area contributed by atoms with E-state index in [4.69, 9.17) is 21.1 Å². The number of anilines is 1. The third-order valence-corrected chi connectivity index (χ3v) is 6.69. The molecule has 30 heavy (non-hydrogen) atoms. The number of carbonyl (C=O) groups is 1. The van der Waals surface area contributed by atoms with E-state index in [1.807, 2.05) is 19.1 Å². The summed E-state index contributed by atoms with van der Waals surface area (Å²) in [7, 11) is 3.12. The van der Waals surface area contributed by atoms with Crippen LogP contribution in [-0.4, -0.2) is 40.5 Å². The molecular weight excluding hydrogens is 444 g/mol. The largest absolute Gasteiger partial charge is 0.493 e. The van der Waals surface area contributed by atoms with Crippen molar-refractivity contribution in [2.45, 2.75) is 18.4 Å². The average Bonchev–Trinajstić information content (AvgIpc) is 3.28. The third kappa shape index (κ3) is 3.92. The number of methoxy groups -OCH3 is 2. The number of carbonyl (C=O) groups excluding carboxylic acids is 1. The second-order valence-corrected chi connectivity index (χ2v) is 9.03. The molecule has 3 heterocycles. The van der Waals surface area contributed by atoms with Gasteiger partial charge in [0.25, 0.3) is 0 Å². The molecule has 1 N–H and O–H groups in total. The highest BCUT2D eigenvalue weighted by atomic mass is 35.5. The first-order valence-electron chi connectivity index (χ1n) is 9.14. The quantitative estimate of drug-likeness (QED) is 0.393. The van der Waals surface area contributed by atoms with Crippen LogP contribution in [0.2, 0.25) is 4.34 Å². The van der Waals surface area contributed by atoms with Crippen molar-refractivity contribution in [3.63, 3.8) is 0 Å². The third-order valence-electron chi connectivity index (χ3n) is 4.52. The lowest BCUT2D eigenvalue weighted by atomic mass is 10.2. The normalized spacial score (nSPS) is 11.2. The maximum absolute atomic E-state index is 12.5. The molecule has 156 valence electrons. The summed E-state index contributed by atoms with van der Waals surface area (Å²) in [6, 6.07) is 9.23. The first-order chi connectivity index (χ1) is 14.5. The van der Waals surface area contributed by atoms with E-state index < -0.39 is 0 Å². The van der Waals surface area contributed by atoms with Crippen molar-refractivity contribution < 1.29 is 14.3 Å². The number of nitrogens with zero attached hydrogens (tertiary/aromatic N) is 3. The molecule has 1 amide bonds. The maximum Gasteiger partial charge on any atom is 0.234 e. The van der Waals surface area contributed by atoms with Gasteiger partial charge in [-0.3, -0.25) is 9.20 Å². The summed E-state index contributed by atoms with van der Waals surface area (Å²) in [6.45, 7) is 2.03. The van der Waals surface area contributed by atoms with Crippen LogP contribution >= 0.6 is 34.7 Å². The topological polar surface area (TPSA) is 77.8 Å². The molecule has 0 fully saturated rings. The summed E-state index contributed by atoms with van der Waals surface area (Å²) in [6.07, 6.45) is 0.742. The first kappa shape index (κ1) is 20.8. The van der Waals surface area contributed by atoms with Crippen molar-refractivity contribution in [1.82, 2.24) is 14.6 Å². The first-order valence-corrected chi connectivity index (χ1v) is 11.3. The van der Waals surface area contributed by atoms with Crippen LogP contribution in [0.4, 0.5) is 5.69 Å². The number of ether oxygens (including phenoxy) is 2. The predicted octanol–water partition coefficient (Wildman–Crippen LogP) is 4.91. The number of rotatable bonds is 7. The van der Waals surface area contributed by atoms with Gasteiger partial charge in [-0.1, -0.05) is 30.3 Å². The Bertz CT molecular complexity index is 1240. The van der Waals surface area contributed by atoms with Gasteiger partial charge in [-0.15, -0.1) is 21.5 Å². The van der Waals surface area contributed by atoms with Gasteiger partial charge in [-0.2, -0.15) is 0 Å². The monoisotopic (exact) mass is 462 g/mol. The van der Waals surface area contributed by atoms with E-state index in [0.717, 1.165) is 32.3 Å². The molecule has 0 aliphatic heterocycles. The Kier molecular flexibility index (Phi) is 6.03. The summed E-state index contributed by atoms with van der Waals surface area (Å²) in [5.74, 6) is 2.06. The number of benzene rings is 1. The van der Waals surface area contributed by atoms with Crippen LogP contribution in [0.5, 0.6) is 11.5 Å². The zero-order valence-corrected chi connectivity index (χ0v) is 19.0. The maximum atomic E-state index is 12.5. The van der Waals surface area contributed by atoms with E-state index >= 15 is 0 Å². The van der Waals surface area contributed by atoms with E-state index in [1.54, 1.807) is 32.4 Å². The Morgan fingerprint density at radius 1 is 1.17 bits per heavy atom. The van der Waals surface area contributed by atoms with Crippen LogP contribution in [0.3, 0.4) is 0 Å². The zero-order chi connectivity index (χ0) is 21.3. The molecule has 1 aromatic carbocycles. The number of thioether (sulfide) groups is 1. The van der Waals surface area contributed by atoms with Crippen molar-refractivity contribution >= 4 is 62.0 Å². The second-order valence-electron chi connectivity index (χ2n) is 6.35. The summed E-state index contributed by atoms with van der Waals surface area (Å²) in [5.41, 5.74) is 2.58. The molecule has 7 nitrogen and oxygen atoms in total. The highest BCUT2D eigenvalue weighted by molar-refractivity contribution is 8.00. The van der Waals surface area contributed by atoms with Gasteiger partial charge >= 0.3 is 0 Å². The van der Waals surface area contributed by atoms with Gasteiger partial charge in [-0.05, 0) is 24.3 Å². The van der Waals surface area contributed by atoms with Crippen LogP contribution in [0.1, 0.15) is 12.7 Å². The minimum Gasteiger partial charge on any atom is -0.493 e. The van der Waals surface area contributed by atoms with Gasteiger partial charge in [0, 0.05) is 18.2 Å². The molecule has 4 rings (SSSR count). The highest BCUT2D eigenvalue weighted by Gasteiger charge is 2.16. The SMILES string of the molecule is CCc1nnc(SCC(=O)Nc2ccc(OC)c(OC)c2)c2cc3sc(Cl)cc3n12. The molecule has 3 aromatic heterocycles. The number of fused-ring (bicyclic) bond motifs is 3. The van der Waals surface area contributed by atoms with Crippen molar-refractivity contribution in [1.29, 1.82) is 0 Å². The number of aromatic nitrogens is 3. The van der Waals surface area contributed by atoms with Crippen LogP contribution < -0.4 is 14.8 Å². The Labute approximate surface area is 186 Å². The lowest BCUT2D eigenvalue weighted by Crippen LogP contribution is -2.14. The van der Waals surface area contributed by atoms with Gasteiger partial charge < -0.3 is 14.8 Å². The molecule has 10 heteroatoms. The average molecular weight is 463 g/mol. The number of hydrogen-bond donors (Lipinski definition) is 1. The van der Waals surface area contributed by atoms with Gasteiger partial charge in [0.05, 0.1) is 40.0 Å². The van der Waals surface area contributed by atoms with Crippen molar-refractivity contribution in [2.75, 3.05) is 25.3 Å². The number of amides is 1. The highest BCUT2D eigenvalue weighted by Crippen LogP contribution is 2.35. The molecule has 0 saturated carbocycles. The molecule has 4 aromatic rings. The minimum atomic E-state index is -0.150. The number of aryl methyl sites for hydroxylation is 1. The van der Waals surface area contributed by atoms with Crippen LogP contribution in [0, 0.1) is 0 Å². The Hall–Kier alpha value is -2.49. The summed E-state index contributed by atoms with van der Waals surface area (Å²) < 4.78 is 14.4. The fourth-order valence-corrected chi connectivity index (χ4v) is 5.07. The Morgan fingerprint density at radius 2 is 1.97 bits per heavy atom. The minimum absolute atomic E-state index is 0.150. The molecule has 0 saturated heterocycles. The number of thiophene rings is 1. The van der Waals surface area contributed by atoms with Crippen molar-refractivity contribution in [3.8, 4) is 11.5 Å². The molecule has 0 aliphatic rings. The molecule has 0 radical (unpaired) electrons. The fourth-order valence-electron chi connectivity index (χ4n) is 3.17. The summed E-state index contributed by atoms with van der Waals surface area (Å²) in [4.78, 5) is 12.5. The Balaban J connectivity index is 1.53. The van der Waals surface area contributed by atoms with Gasteiger partial charge in [0.2, 0.25) is 5.91 Å². The summed E-state index contributed by atoms with van der Waals surface area (Å²) in [5, 5.41) is 12.3. The number of nitrogens with one attached hydrogen (secondary N) is 1. The molecule has 0 unspecified atom stereocenters.